The zero-order valence-electron chi connectivity index (χ0n) is 18.9. The molecule has 2 heterocycles. The van der Waals surface area contributed by atoms with Crippen LogP contribution in [0.4, 0.5) is 17.2 Å². The molecule has 0 spiro atoms. The van der Waals surface area contributed by atoms with Crippen LogP contribution in [0.2, 0.25) is 0 Å². The molecule has 9 heteroatoms. The molecule has 176 valence electrons. The molecule has 4 N–H and O–H groups in total. The van der Waals surface area contributed by atoms with Crippen molar-refractivity contribution in [1.29, 1.82) is 0 Å². The van der Waals surface area contributed by atoms with E-state index in [1.54, 1.807) is 24.3 Å². The van der Waals surface area contributed by atoms with E-state index in [0.29, 0.717) is 17.7 Å². The molecule has 1 aliphatic heterocycles. The van der Waals surface area contributed by atoms with Crippen LogP contribution in [0, 0.1) is 0 Å². The van der Waals surface area contributed by atoms with Gasteiger partial charge in [-0.05, 0) is 23.6 Å². The number of hydrogen-bond donors (Lipinski definition) is 3. The van der Waals surface area contributed by atoms with Crippen molar-refractivity contribution in [3.63, 3.8) is 0 Å². The molecule has 4 rings (SSSR count). The minimum atomic E-state index is -0.768. The summed E-state index contributed by atoms with van der Waals surface area (Å²) in [6, 6.07) is 16.3. The summed E-state index contributed by atoms with van der Waals surface area (Å²) >= 11 is 0. The Morgan fingerprint density at radius 2 is 1.79 bits per heavy atom. The number of aromatic nitrogens is 2. The lowest BCUT2D eigenvalue weighted by molar-refractivity contribution is -0.124. The molecular weight excluding hydrogens is 434 g/mol. The Morgan fingerprint density at radius 1 is 1.09 bits per heavy atom. The number of carbonyl (C=O) groups is 2. The molecule has 34 heavy (non-hydrogen) atoms. The van der Waals surface area contributed by atoms with Gasteiger partial charge in [-0.2, -0.15) is 0 Å². The van der Waals surface area contributed by atoms with E-state index >= 15 is 0 Å². The van der Waals surface area contributed by atoms with Crippen molar-refractivity contribution in [1.82, 2.24) is 9.55 Å². The number of unbranched alkanes of at least 4 members (excludes halogenated alkanes) is 1. The van der Waals surface area contributed by atoms with E-state index in [2.05, 4.69) is 10.3 Å². The summed E-state index contributed by atoms with van der Waals surface area (Å²) in [4.78, 5) is 55.3. The number of aromatic amines is 1. The maximum atomic E-state index is 13.8. The van der Waals surface area contributed by atoms with Gasteiger partial charge < -0.3 is 16.0 Å². The Labute approximate surface area is 196 Å². The van der Waals surface area contributed by atoms with Crippen molar-refractivity contribution in [2.45, 2.75) is 38.6 Å². The third-order valence-electron chi connectivity index (χ3n) is 5.97. The van der Waals surface area contributed by atoms with Crippen LogP contribution < -0.4 is 27.2 Å². The maximum Gasteiger partial charge on any atom is 0.330 e. The van der Waals surface area contributed by atoms with Crippen LogP contribution in [0.25, 0.3) is 0 Å². The summed E-state index contributed by atoms with van der Waals surface area (Å²) < 4.78 is 1.25. The highest BCUT2D eigenvalue weighted by Crippen LogP contribution is 2.34. The van der Waals surface area contributed by atoms with Gasteiger partial charge in [-0.1, -0.05) is 61.9 Å². The van der Waals surface area contributed by atoms with E-state index in [4.69, 9.17) is 5.73 Å². The molecule has 2 amide bonds. The lowest BCUT2D eigenvalue weighted by atomic mass is 9.89. The van der Waals surface area contributed by atoms with Gasteiger partial charge in [-0.3, -0.25) is 23.9 Å². The van der Waals surface area contributed by atoms with Crippen LogP contribution in [0.5, 0.6) is 0 Å². The molecule has 0 radical (unpaired) electrons. The number of benzene rings is 2. The van der Waals surface area contributed by atoms with Crippen LogP contribution in [0.1, 0.15) is 43.2 Å². The minimum absolute atomic E-state index is 0.0417. The fourth-order valence-electron chi connectivity index (χ4n) is 4.23. The number of H-pyrrole nitrogens is 1. The third kappa shape index (κ3) is 4.50. The van der Waals surface area contributed by atoms with E-state index < -0.39 is 23.1 Å². The van der Waals surface area contributed by atoms with Crippen molar-refractivity contribution in [3.05, 3.63) is 86.6 Å². The van der Waals surface area contributed by atoms with Crippen molar-refractivity contribution < 1.29 is 9.59 Å². The number of para-hydroxylation sites is 1. The van der Waals surface area contributed by atoms with E-state index in [9.17, 15) is 19.2 Å². The zero-order valence-corrected chi connectivity index (χ0v) is 18.9. The lowest BCUT2D eigenvalue weighted by Crippen LogP contribution is -2.44. The highest BCUT2D eigenvalue weighted by atomic mass is 16.2. The van der Waals surface area contributed by atoms with Crippen LogP contribution >= 0.6 is 0 Å². The first kappa shape index (κ1) is 23.0. The highest BCUT2D eigenvalue weighted by molar-refractivity contribution is 6.06. The van der Waals surface area contributed by atoms with E-state index in [1.807, 2.05) is 37.3 Å². The van der Waals surface area contributed by atoms with E-state index in [-0.39, 0.29) is 36.9 Å². The Hall–Kier alpha value is -4.14. The molecule has 1 aliphatic rings. The first-order valence-corrected chi connectivity index (χ1v) is 11.3. The predicted molar refractivity (Wildman–Crippen MR) is 131 cm³/mol. The first-order valence-electron chi connectivity index (χ1n) is 11.3. The first-order chi connectivity index (χ1) is 16.4. The Kier molecular flexibility index (Phi) is 6.62. The Balaban J connectivity index is 1.80. The largest absolute Gasteiger partial charge is 0.383 e. The maximum absolute atomic E-state index is 13.8. The molecule has 0 saturated carbocycles. The van der Waals surface area contributed by atoms with Crippen molar-refractivity contribution >= 4 is 29.0 Å². The van der Waals surface area contributed by atoms with Gasteiger partial charge >= 0.3 is 5.69 Å². The second-order valence-corrected chi connectivity index (χ2v) is 8.30. The van der Waals surface area contributed by atoms with Crippen LogP contribution in [-0.4, -0.2) is 27.9 Å². The fourth-order valence-corrected chi connectivity index (χ4v) is 4.23. The van der Waals surface area contributed by atoms with Gasteiger partial charge in [0.1, 0.15) is 5.82 Å². The van der Waals surface area contributed by atoms with E-state index in [1.165, 1.54) is 9.47 Å². The van der Waals surface area contributed by atoms with Gasteiger partial charge in [0.2, 0.25) is 11.8 Å². The number of nitrogen functional groups attached to an aromatic ring is 1. The zero-order chi connectivity index (χ0) is 24.2. The molecule has 1 atom stereocenters. The van der Waals surface area contributed by atoms with Crippen molar-refractivity contribution in [3.8, 4) is 0 Å². The average Bonchev–Trinajstić information content (AvgIpc) is 2.83. The fraction of sp³-hybridized carbons (Fsp3) is 0.280. The molecular formula is C25H27N5O4. The average molecular weight is 462 g/mol. The summed E-state index contributed by atoms with van der Waals surface area (Å²) in [6.07, 6.45) is 1.34. The molecule has 1 aromatic heterocycles. The van der Waals surface area contributed by atoms with Gasteiger partial charge in [-0.15, -0.1) is 0 Å². The molecule has 3 aromatic rings. The Morgan fingerprint density at radius 3 is 2.53 bits per heavy atom. The number of rotatable bonds is 7. The van der Waals surface area contributed by atoms with Gasteiger partial charge in [-0.25, -0.2) is 4.79 Å². The molecule has 1 unspecified atom stereocenters. The second-order valence-electron chi connectivity index (χ2n) is 8.30. The van der Waals surface area contributed by atoms with Crippen LogP contribution in [0.15, 0.2) is 64.2 Å². The standard InChI is InChI=1S/C25H27N5O4/c1-2-3-13-29(24(33)18-14-20(31)27-19-12-8-7-11-17(18)19)21-22(26)30(25(34)28-23(21)32)15-16-9-5-4-6-10-16/h4-12,18H,2-3,13-15,26H2,1H3,(H,27,31)(H,28,32,34). The van der Waals surface area contributed by atoms with Gasteiger partial charge in [0.25, 0.3) is 5.56 Å². The molecule has 9 nitrogen and oxygen atoms in total. The summed E-state index contributed by atoms with van der Waals surface area (Å²) in [5, 5.41) is 2.79. The topological polar surface area (TPSA) is 130 Å². The quantitative estimate of drug-likeness (QED) is 0.497. The van der Waals surface area contributed by atoms with Crippen LogP contribution in [-0.2, 0) is 16.1 Å². The van der Waals surface area contributed by atoms with Gasteiger partial charge in [0, 0.05) is 18.7 Å². The molecule has 2 aromatic carbocycles. The molecule has 0 saturated heterocycles. The third-order valence-corrected chi connectivity index (χ3v) is 5.97. The number of carbonyl (C=O) groups excluding carboxylic acids is 2. The Bertz CT molecular complexity index is 1330. The number of hydrogen-bond acceptors (Lipinski definition) is 5. The molecule has 0 aliphatic carbocycles. The smallest absolute Gasteiger partial charge is 0.330 e. The highest BCUT2D eigenvalue weighted by Gasteiger charge is 2.35. The normalized spacial score (nSPS) is 14.9. The summed E-state index contributed by atoms with van der Waals surface area (Å²) in [5.41, 5.74) is 6.98. The van der Waals surface area contributed by atoms with E-state index in [0.717, 1.165) is 12.0 Å². The van der Waals surface area contributed by atoms with Crippen LogP contribution in [0.3, 0.4) is 0 Å². The summed E-state index contributed by atoms with van der Waals surface area (Å²) in [5.74, 6) is -1.54. The number of fused-ring (bicyclic) bond motifs is 1. The monoisotopic (exact) mass is 461 g/mol. The summed E-state index contributed by atoms with van der Waals surface area (Å²) in [7, 11) is 0. The number of nitrogens with zero attached hydrogens (tertiary/aromatic N) is 2. The SMILES string of the molecule is CCCCN(C(=O)C1CC(=O)Nc2ccccc21)c1c(N)n(Cc2ccccc2)c(=O)[nH]c1=O. The van der Waals surface area contributed by atoms with Gasteiger partial charge in [0.15, 0.2) is 5.69 Å². The summed E-state index contributed by atoms with van der Waals surface area (Å²) in [6.45, 7) is 2.34. The van der Waals surface area contributed by atoms with Crippen molar-refractivity contribution in [2.24, 2.45) is 0 Å². The van der Waals surface area contributed by atoms with Gasteiger partial charge in [0.05, 0.1) is 12.5 Å². The predicted octanol–water partition coefficient (Wildman–Crippen LogP) is 2.43. The molecule has 0 fully saturated rings. The number of anilines is 3. The second kappa shape index (κ2) is 9.78. The lowest BCUT2D eigenvalue weighted by Gasteiger charge is -2.31. The number of amides is 2. The number of nitrogens with one attached hydrogen (secondary N) is 2. The number of nitrogens with two attached hydrogens (primary N) is 1. The van der Waals surface area contributed by atoms with Crippen molar-refractivity contribution in [2.75, 3.05) is 22.5 Å². The minimum Gasteiger partial charge on any atom is -0.383 e. The molecule has 0 bridgehead atoms.